The summed E-state index contributed by atoms with van der Waals surface area (Å²) in [5.74, 6) is 0.493. The summed E-state index contributed by atoms with van der Waals surface area (Å²) in [4.78, 5) is 11.0. The fourth-order valence-electron chi connectivity index (χ4n) is 3.51. The van der Waals surface area contributed by atoms with E-state index in [-0.39, 0.29) is 18.4 Å². The van der Waals surface area contributed by atoms with E-state index in [0.29, 0.717) is 0 Å². The van der Waals surface area contributed by atoms with Gasteiger partial charge in [0.25, 0.3) is 0 Å². The van der Waals surface area contributed by atoms with Gasteiger partial charge in [-0.2, -0.15) is 5.10 Å². The largest absolute Gasteiger partial charge is 0.396 e. The molecule has 3 aromatic rings. The van der Waals surface area contributed by atoms with E-state index in [1.807, 2.05) is 48.6 Å². The smallest absolute Gasteiger partial charge is 0.0753 e. The zero-order valence-corrected chi connectivity index (χ0v) is 13.0. The Hall–Kier alpha value is -2.47. The molecule has 0 spiro atoms. The lowest BCUT2D eigenvalue weighted by atomic mass is 9.92. The first-order valence-electron chi connectivity index (χ1n) is 7.79. The molecule has 23 heavy (non-hydrogen) atoms. The van der Waals surface area contributed by atoms with Crippen LogP contribution in [0.5, 0.6) is 0 Å². The molecule has 4 rings (SSSR count). The van der Waals surface area contributed by atoms with E-state index in [2.05, 4.69) is 20.0 Å². The van der Waals surface area contributed by atoms with E-state index < -0.39 is 0 Å². The average molecular weight is 309 g/mol. The third-order valence-electron chi connectivity index (χ3n) is 4.69. The minimum absolute atomic E-state index is 0.178. The molecule has 6 nitrogen and oxygen atoms in total. The molecule has 4 heterocycles. The summed E-state index contributed by atoms with van der Waals surface area (Å²) in [6, 6.07) is 3.96. The van der Waals surface area contributed by atoms with Crippen LogP contribution in [-0.4, -0.2) is 44.6 Å². The van der Waals surface area contributed by atoms with E-state index in [1.54, 1.807) is 6.20 Å². The minimum Gasteiger partial charge on any atom is -0.396 e. The lowest BCUT2D eigenvalue weighted by molar-refractivity contribution is 0.227. The summed E-state index contributed by atoms with van der Waals surface area (Å²) in [7, 11) is 1.92. The monoisotopic (exact) mass is 309 g/mol. The lowest BCUT2D eigenvalue weighted by Crippen LogP contribution is -2.20. The lowest BCUT2D eigenvalue weighted by Gasteiger charge is -2.20. The van der Waals surface area contributed by atoms with Crippen LogP contribution in [0, 0.1) is 5.92 Å². The number of hydrogen-bond acceptors (Lipinski definition) is 5. The Morgan fingerprint density at radius 1 is 1.22 bits per heavy atom. The molecule has 3 aromatic heterocycles. The van der Waals surface area contributed by atoms with Crippen molar-refractivity contribution in [3.8, 4) is 0 Å². The summed E-state index contributed by atoms with van der Waals surface area (Å²) < 4.78 is 1.82. The van der Waals surface area contributed by atoms with Crippen molar-refractivity contribution in [2.45, 2.75) is 5.92 Å². The summed E-state index contributed by atoms with van der Waals surface area (Å²) in [6.07, 6.45) is 9.41. The number of fused-ring (bicyclic) bond motifs is 1. The van der Waals surface area contributed by atoms with Crippen LogP contribution in [0.3, 0.4) is 0 Å². The van der Waals surface area contributed by atoms with Crippen molar-refractivity contribution < 1.29 is 5.11 Å². The molecule has 6 heteroatoms. The first kappa shape index (κ1) is 14.1. The highest BCUT2D eigenvalue weighted by Crippen LogP contribution is 2.37. The van der Waals surface area contributed by atoms with Crippen molar-refractivity contribution in [3.05, 3.63) is 48.7 Å². The topological polar surface area (TPSA) is 67.1 Å². The first-order chi connectivity index (χ1) is 11.3. The molecule has 1 fully saturated rings. The first-order valence-corrected chi connectivity index (χ1v) is 7.79. The van der Waals surface area contributed by atoms with Gasteiger partial charge in [-0.1, -0.05) is 0 Å². The third-order valence-corrected chi connectivity index (χ3v) is 4.69. The van der Waals surface area contributed by atoms with Crippen LogP contribution in [0.1, 0.15) is 11.5 Å². The molecule has 1 N–H and O–H groups in total. The van der Waals surface area contributed by atoms with E-state index in [4.69, 9.17) is 0 Å². The van der Waals surface area contributed by atoms with Gasteiger partial charge in [-0.05, 0) is 17.7 Å². The quantitative estimate of drug-likeness (QED) is 0.795. The fourth-order valence-corrected chi connectivity index (χ4v) is 3.51. The Morgan fingerprint density at radius 2 is 2.13 bits per heavy atom. The molecular weight excluding hydrogens is 290 g/mol. The standard InChI is InChI=1S/C17H19N5O/c1-21-8-12(6-20-21)15-10-22(9-13(15)11-23)17-3-5-19-16-2-4-18-7-14(16)17/h2-8,13,15,23H,9-11H2,1H3/t13-,15-/m0/s1. The molecule has 0 radical (unpaired) electrons. The minimum atomic E-state index is 0.178. The number of aromatic nitrogens is 4. The highest BCUT2D eigenvalue weighted by Gasteiger charge is 2.34. The van der Waals surface area contributed by atoms with Crippen LogP contribution in [0.15, 0.2) is 43.1 Å². The number of pyridine rings is 2. The van der Waals surface area contributed by atoms with Gasteiger partial charge in [-0.15, -0.1) is 0 Å². The third kappa shape index (κ3) is 2.45. The molecule has 0 unspecified atom stereocenters. The number of aryl methyl sites for hydroxylation is 1. The van der Waals surface area contributed by atoms with E-state index >= 15 is 0 Å². The number of nitrogens with zero attached hydrogens (tertiary/aromatic N) is 5. The molecule has 118 valence electrons. The number of hydrogen-bond donors (Lipinski definition) is 1. The van der Waals surface area contributed by atoms with Crippen molar-refractivity contribution in [1.82, 2.24) is 19.7 Å². The molecule has 0 amide bonds. The van der Waals surface area contributed by atoms with Crippen LogP contribution >= 0.6 is 0 Å². The van der Waals surface area contributed by atoms with Gasteiger partial charge in [-0.3, -0.25) is 14.6 Å². The maximum absolute atomic E-state index is 9.80. The Balaban J connectivity index is 1.70. The number of aliphatic hydroxyl groups is 1. The van der Waals surface area contributed by atoms with Gasteiger partial charge in [0, 0.05) is 74.4 Å². The van der Waals surface area contributed by atoms with Crippen LogP contribution in [0.25, 0.3) is 10.9 Å². The zero-order valence-electron chi connectivity index (χ0n) is 13.0. The summed E-state index contributed by atoms with van der Waals surface area (Å²) >= 11 is 0. The van der Waals surface area contributed by atoms with Gasteiger partial charge < -0.3 is 10.0 Å². The number of anilines is 1. The Kier molecular flexibility index (Phi) is 3.46. The molecular formula is C17H19N5O. The predicted octanol–water partition coefficient (Wildman–Crippen LogP) is 1.58. The van der Waals surface area contributed by atoms with Crippen molar-refractivity contribution in [2.24, 2.45) is 13.0 Å². The molecule has 0 aromatic carbocycles. The van der Waals surface area contributed by atoms with Crippen LogP contribution in [-0.2, 0) is 7.05 Å². The van der Waals surface area contributed by atoms with Crippen molar-refractivity contribution in [2.75, 3.05) is 24.6 Å². The Morgan fingerprint density at radius 3 is 2.91 bits per heavy atom. The molecule has 0 aliphatic carbocycles. The highest BCUT2D eigenvalue weighted by molar-refractivity contribution is 5.90. The van der Waals surface area contributed by atoms with Crippen molar-refractivity contribution in [3.63, 3.8) is 0 Å². The summed E-state index contributed by atoms with van der Waals surface area (Å²) in [6.45, 7) is 1.87. The second kappa shape index (κ2) is 5.62. The molecule has 0 bridgehead atoms. The van der Waals surface area contributed by atoms with E-state index in [0.717, 1.165) is 29.7 Å². The average Bonchev–Trinajstić information content (AvgIpc) is 3.20. The highest BCUT2D eigenvalue weighted by atomic mass is 16.3. The van der Waals surface area contributed by atoms with Gasteiger partial charge in [0.1, 0.15) is 0 Å². The van der Waals surface area contributed by atoms with Crippen LogP contribution in [0.2, 0.25) is 0 Å². The number of aliphatic hydroxyl groups excluding tert-OH is 1. The summed E-state index contributed by atoms with van der Waals surface area (Å²) in [5, 5.41) is 15.1. The molecule has 2 atom stereocenters. The van der Waals surface area contributed by atoms with Gasteiger partial charge in [-0.25, -0.2) is 0 Å². The second-order valence-corrected chi connectivity index (χ2v) is 6.12. The van der Waals surface area contributed by atoms with Crippen LogP contribution in [0.4, 0.5) is 5.69 Å². The Bertz CT molecular complexity index is 825. The summed E-state index contributed by atoms with van der Waals surface area (Å²) in [5.41, 5.74) is 3.27. The molecule has 1 aliphatic rings. The van der Waals surface area contributed by atoms with Gasteiger partial charge in [0.05, 0.1) is 11.7 Å². The zero-order chi connectivity index (χ0) is 15.8. The predicted molar refractivity (Wildman–Crippen MR) is 88.3 cm³/mol. The second-order valence-electron chi connectivity index (χ2n) is 6.12. The SMILES string of the molecule is Cn1cc([C@@H]2CN(c3ccnc4ccncc34)C[C@H]2CO)cn1. The van der Waals surface area contributed by atoms with Gasteiger partial charge >= 0.3 is 0 Å². The Labute approximate surface area is 134 Å². The van der Waals surface area contributed by atoms with Crippen LogP contribution < -0.4 is 4.90 Å². The normalized spacial score (nSPS) is 21.2. The molecule has 1 aliphatic heterocycles. The van der Waals surface area contributed by atoms with E-state index in [9.17, 15) is 5.11 Å². The van der Waals surface area contributed by atoms with Crippen molar-refractivity contribution in [1.29, 1.82) is 0 Å². The maximum atomic E-state index is 9.80. The molecule has 1 saturated heterocycles. The van der Waals surface area contributed by atoms with E-state index in [1.165, 1.54) is 5.56 Å². The number of rotatable bonds is 3. The fraction of sp³-hybridized carbons (Fsp3) is 0.353. The van der Waals surface area contributed by atoms with Gasteiger partial charge in [0.2, 0.25) is 0 Å². The molecule has 0 saturated carbocycles. The van der Waals surface area contributed by atoms with Gasteiger partial charge in [0.15, 0.2) is 0 Å². The van der Waals surface area contributed by atoms with Crippen molar-refractivity contribution >= 4 is 16.6 Å². The maximum Gasteiger partial charge on any atom is 0.0753 e.